The van der Waals surface area contributed by atoms with E-state index in [2.05, 4.69) is 26.1 Å². The highest BCUT2D eigenvalue weighted by Crippen LogP contribution is 2.38. The third kappa shape index (κ3) is 3.47. The lowest BCUT2D eigenvalue weighted by molar-refractivity contribution is 0.213. The zero-order valence-corrected chi connectivity index (χ0v) is 12.1. The largest absolute Gasteiger partial charge is 0.311 e. The minimum Gasteiger partial charge on any atom is -0.311 e. The Hall–Kier alpha value is -0.0400. The molecule has 0 aromatic rings. The average molecular weight is 237 g/mol. The molecule has 2 fully saturated rings. The van der Waals surface area contributed by atoms with Crippen molar-refractivity contribution in [1.29, 1.82) is 0 Å². The molecule has 2 rings (SSSR count). The van der Waals surface area contributed by atoms with Gasteiger partial charge in [-0.15, -0.1) is 0 Å². The minimum absolute atomic E-state index is 0.542. The molecule has 0 aliphatic heterocycles. The van der Waals surface area contributed by atoms with Crippen molar-refractivity contribution in [2.45, 2.75) is 90.6 Å². The molecule has 0 radical (unpaired) electrons. The molecule has 1 heteroatoms. The van der Waals surface area contributed by atoms with Crippen molar-refractivity contribution in [3.63, 3.8) is 0 Å². The highest BCUT2D eigenvalue weighted by atomic mass is 15.0. The zero-order valence-electron chi connectivity index (χ0n) is 12.1. The van der Waals surface area contributed by atoms with E-state index >= 15 is 0 Å². The van der Waals surface area contributed by atoms with Crippen molar-refractivity contribution in [3.05, 3.63) is 0 Å². The van der Waals surface area contributed by atoms with Gasteiger partial charge in [-0.05, 0) is 49.9 Å². The Bertz CT molecular complexity index is 226. The first-order valence-corrected chi connectivity index (χ1v) is 7.88. The lowest BCUT2D eigenvalue weighted by atomic mass is 9.81. The normalized spacial score (nSPS) is 37.2. The fourth-order valence-corrected chi connectivity index (χ4v) is 3.95. The van der Waals surface area contributed by atoms with Crippen LogP contribution in [-0.2, 0) is 0 Å². The fourth-order valence-electron chi connectivity index (χ4n) is 3.95. The number of hydrogen-bond donors (Lipinski definition) is 1. The molecule has 1 N–H and O–H groups in total. The molecular formula is C16H31N. The summed E-state index contributed by atoms with van der Waals surface area (Å²) in [5.74, 6) is 1.04. The first kappa shape index (κ1) is 13.4. The SMILES string of the molecule is CCCC1CCC(NC2CCCC2(C)C)CC1. The average Bonchev–Trinajstić information content (AvgIpc) is 2.62. The van der Waals surface area contributed by atoms with Gasteiger partial charge in [0.25, 0.3) is 0 Å². The van der Waals surface area contributed by atoms with Crippen LogP contribution in [0.4, 0.5) is 0 Å². The van der Waals surface area contributed by atoms with Gasteiger partial charge in [0.2, 0.25) is 0 Å². The van der Waals surface area contributed by atoms with Crippen LogP contribution in [0.1, 0.15) is 78.6 Å². The molecule has 0 saturated heterocycles. The first-order chi connectivity index (χ1) is 8.12. The summed E-state index contributed by atoms with van der Waals surface area (Å²) in [6.07, 6.45) is 12.9. The van der Waals surface area contributed by atoms with Gasteiger partial charge in [-0.3, -0.25) is 0 Å². The second-order valence-corrected chi connectivity index (χ2v) is 7.11. The lowest BCUT2D eigenvalue weighted by Crippen LogP contribution is -2.45. The Labute approximate surface area is 108 Å². The van der Waals surface area contributed by atoms with Gasteiger partial charge in [-0.25, -0.2) is 0 Å². The molecule has 1 nitrogen and oxygen atoms in total. The van der Waals surface area contributed by atoms with Gasteiger partial charge in [0.15, 0.2) is 0 Å². The maximum atomic E-state index is 3.97. The number of rotatable bonds is 4. The molecule has 2 aliphatic carbocycles. The molecule has 0 spiro atoms. The predicted octanol–water partition coefficient (Wildman–Crippen LogP) is 4.51. The van der Waals surface area contributed by atoms with Crippen molar-refractivity contribution in [1.82, 2.24) is 5.32 Å². The molecule has 2 aliphatic rings. The molecule has 2 saturated carbocycles. The highest BCUT2D eigenvalue weighted by molar-refractivity contribution is 4.92. The van der Waals surface area contributed by atoms with Crippen molar-refractivity contribution in [2.75, 3.05) is 0 Å². The second-order valence-electron chi connectivity index (χ2n) is 7.11. The van der Waals surface area contributed by atoms with E-state index in [-0.39, 0.29) is 0 Å². The fraction of sp³-hybridized carbons (Fsp3) is 1.00. The van der Waals surface area contributed by atoms with Crippen molar-refractivity contribution < 1.29 is 0 Å². The van der Waals surface area contributed by atoms with Crippen LogP contribution in [0.5, 0.6) is 0 Å². The summed E-state index contributed by atoms with van der Waals surface area (Å²) in [6, 6.07) is 1.61. The summed E-state index contributed by atoms with van der Waals surface area (Å²) >= 11 is 0. The molecule has 0 heterocycles. The Morgan fingerprint density at radius 3 is 2.29 bits per heavy atom. The van der Waals surface area contributed by atoms with E-state index in [1.807, 2.05) is 0 Å². The molecule has 100 valence electrons. The molecule has 0 bridgehead atoms. The van der Waals surface area contributed by atoms with E-state index in [0.29, 0.717) is 5.41 Å². The van der Waals surface area contributed by atoms with E-state index in [4.69, 9.17) is 0 Å². The Balaban J connectivity index is 1.74. The smallest absolute Gasteiger partial charge is 0.0121 e. The monoisotopic (exact) mass is 237 g/mol. The molecule has 0 amide bonds. The third-order valence-electron chi connectivity index (χ3n) is 5.24. The summed E-state index contributed by atoms with van der Waals surface area (Å²) in [5, 5.41) is 3.97. The van der Waals surface area contributed by atoms with Crippen molar-refractivity contribution in [2.24, 2.45) is 11.3 Å². The predicted molar refractivity (Wildman–Crippen MR) is 75.2 cm³/mol. The van der Waals surface area contributed by atoms with E-state index in [9.17, 15) is 0 Å². The second kappa shape index (κ2) is 5.73. The molecule has 17 heavy (non-hydrogen) atoms. The lowest BCUT2D eigenvalue weighted by Gasteiger charge is -2.35. The van der Waals surface area contributed by atoms with Crippen LogP contribution in [0, 0.1) is 11.3 Å². The van der Waals surface area contributed by atoms with Gasteiger partial charge in [-0.2, -0.15) is 0 Å². The summed E-state index contributed by atoms with van der Waals surface area (Å²) in [7, 11) is 0. The van der Waals surface area contributed by atoms with Crippen LogP contribution < -0.4 is 5.32 Å². The van der Waals surface area contributed by atoms with Crippen LogP contribution in [0.25, 0.3) is 0 Å². The zero-order chi connectivity index (χ0) is 12.3. The van der Waals surface area contributed by atoms with E-state index in [1.54, 1.807) is 0 Å². The van der Waals surface area contributed by atoms with Crippen LogP contribution in [0.15, 0.2) is 0 Å². The van der Waals surface area contributed by atoms with E-state index in [0.717, 1.165) is 18.0 Å². The standard InChI is InChI=1S/C16H31N/c1-4-6-13-8-10-14(11-9-13)17-15-7-5-12-16(15,2)3/h13-15,17H,4-12H2,1-3H3. The maximum Gasteiger partial charge on any atom is 0.0121 e. The van der Waals surface area contributed by atoms with Gasteiger partial charge in [0, 0.05) is 12.1 Å². The molecule has 1 atom stereocenters. The van der Waals surface area contributed by atoms with Gasteiger partial charge < -0.3 is 5.32 Å². The van der Waals surface area contributed by atoms with Gasteiger partial charge >= 0.3 is 0 Å². The van der Waals surface area contributed by atoms with Crippen molar-refractivity contribution in [3.8, 4) is 0 Å². The third-order valence-corrected chi connectivity index (χ3v) is 5.24. The Morgan fingerprint density at radius 1 is 1.06 bits per heavy atom. The molecular weight excluding hydrogens is 206 g/mol. The molecule has 0 aromatic heterocycles. The highest BCUT2D eigenvalue weighted by Gasteiger charge is 2.35. The van der Waals surface area contributed by atoms with Crippen molar-refractivity contribution >= 4 is 0 Å². The summed E-state index contributed by atoms with van der Waals surface area (Å²) in [6.45, 7) is 7.21. The number of nitrogens with one attached hydrogen (secondary N) is 1. The van der Waals surface area contributed by atoms with Gasteiger partial charge in [-0.1, -0.05) is 40.0 Å². The van der Waals surface area contributed by atoms with Gasteiger partial charge in [0.1, 0.15) is 0 Å². The topological polar surface area (TPSA) is 12.0 Å². The molecule has 1 unspecified atom stereocenters. The maximum absolute atomic E-state index is 3.97. The summed E-state index contributed by atoms with van der Waals surface area (Å²) in [5.41, 5.74) is 0.542. The quantitative estimate of drug-likeness (QED) is 0.758. The van der Waals surface area contributed by atoms with Gasteiger partial charge in [0.05, 0.1) is 0 Å². The minimum atomic E-state index is 0.542. The molecule has 0 aromatic carbocycles. The Kier molecular flexibility index (Phi) is 4.52. The van der Waals surface area contributed by atoms with Crippen LogP contribution in [0.2, 0.25) is 0 Å². The van der Waals surface area contributed by atoms with Crippen LogP contribution in [0.3, 0.4) is 0 Å². The summed E-state index contributed by atoms with van der Waals surface area (Å²) < 4.78 is 0. The van der Waals surface area contributed by atoms with Crippen LogP contribution >= 0.6 is 0 Å². The Morgan fingerprint density at radius 2 is 1.76 bits per heavy atom. The van der Waals surface area contributed by atoms with E-state index < -0.39 is 0 Å². The van der Waals surface area contributed by atoms with E-state index in [1.165, 1.54) is 57.8 Å². The van der Waals surface area contributed by atoms with Crippen LogP contribution in [-0.4, -0.2) is 12.1 Å². The first-order valence-electron chi connectivity index (χ1n) is 7.88. The summed E-state index contributed by atoms with van der Waals surface area (Å²) in [4.78, 5) is 0. The number of hydrogen-bond acceptors (Lipinski definition) is 1.